The van der Waals surface area contributed by atoms with Gasteiger partial charge in [-0.2, -0.15) is 0 Å². The van der Waals surface area contributed by atoms with Crippen LogP contribution >= 0.6 is 11.6 Å². The van der Waals surface area contributed by atoms with Gasteiger partial charge in [0.05, 0.1) is 14.2 Å². The van der Waals surface area contributed by atoms with Gasteiger partial charge >= 0.3 is 11.4 Å². The zero-order valence-electron chi connectivity index (χ0n) is 13.9. The highest BCUT2D eigenvalue weighted by Gasteiger charge is 2.11. The number of halogens is 1. The van der Waals surface area contributed by atoms with E-state index in [4.69, 9.17) is 6.42 Å². The van der Waals surface area contributed by atoms with E-state index in [1.165, 1.54) is 52.7 Å². The zero-order valence-corrected chi connectivity index (χ0v) is 14.7. The zero-order chi connectivity index (χ0) is 17.5. The average Bonchev–Trinajstić information content (AvgIpc) is 3.26. The van der Waals surface area contributed by atoms with Gasteiger partial charge < -0.3 is 9.47 Å². The fraction of sp³-hybridized carbons (Fsp3) is 0.667. The number of methoxy groups -OCH3 is 2. The summed E-state index contributed by atoms with van der Waals surface area (Å²) in [7, 11) is 2.57. The number of carbonyl (C=O) groups is 2. The van der Waals surface area contributed by atoms with Crippen molar-refractivity contribution in [3.05, 3.63) is 0 Å². The Balaban J connectivity index is 0.000000347. The first kappa shape index (κ1) is 21.4. The van der Waals surface area contributed by atoms with E-state index in [2.05, 4.69) is 38.8 Å². The van der Waals surface area contributed by atoms with Crippen LogP contribution in [0.5, 0.6) is 0 Å². The summed E-state index contributed by atoms with van der Waals surface area (Å²) in [5.41, 5.74) is -0.773. The molecule has 0 radical (unpaired) electrons. The van der Waals surface area contributed by atoms with Crippen LogP contribution in [0.4, 0.5) is 4.79 Å². The molecule has 2 aliphatic rings. The van der Waals surface area contributed by atoms with Crippen LogP contribution in [0.15, 0.2) is 0 Å². The normalized spacial score (nSPS) is 16.4. The second kappa shape index (κ2) is 14.0. The molecule has 0 spiro atoms. The van der Waals surface area contributed by atoms with Gasteiger partial charge in [0.2, 0.25) is 0 Å². The van der Waals surface area contributed by atoms with Crippen molar-refractivity contribution in [2.45, 2.75) is 51.4 Å². The molecule has 4 nitrogen and oxygen atoms in total. The predicted octanol–water partition coefficient (Wildman–Crippen LogP) is 4.15. The molecule has 0 heterocycles. The summed E-state index contributed by atoms with van der Waals surface area (Å²) in [6.07, 6.45) is 15.2. The van der Waals surface area contributed by atoms with Gasteiger partial charge in [-0.15, -0.1) is 12.3 Å². The van der Waals surface area contributed by atoms with Crippen LogP contribution < -0.4 is 0 Å². The van der Waals surface area contributed by atoms with Gasteiger partial charge in [0.15, 0.2) is 0 Å². The summed E-state index contributed by atoms with van der Waals surface area (Å²) < 4.78 is 8.27. The number of terminal acetylenes is 1. The van der Waals surface area contributed by atoms with Gasteiger partial charge in [-0.3, -0.25) is 0 Å². The highest BCUT2D eigenvalue weighted by atomic mass is 35.5. The largest absolute Gasteiger partial charge is 0.459 e. The predicted molar refractivity (Wildman–Crippen MR) is 90.8 cm³/mol. The Morgan fingerprint density at radius 3 is 1.70 bits per heavy atom. The Hall–Kier alpha value is -1.65. The Labute approximate surface area is 144 Å². The summed E-state index contributed by atoms with van der Waals surface area (Å²) in [6, 6.07) is 0. The standard InChI is InChI=1S/C9H12O2.C7H10.C2H3ClO2/c1-11-9(10)7-6-8-4-2-3-5-8;1-2-7-5-3-4-6-7;1-5-2(3)4/h8H,2-5H2,1H3;1,7H,3-6H2;1H3. The number of hydrogen-bond acceptors (Lipinski definition) is 4. The van der Waals surface area contributed by atoms with Crippen molar-refractivity contribution in [2.75, 3.05) is 14.2 Å². The highest BCUT2D eigenvalue weighted by molar-refractivity contribution is 6.61. The fourth-order valence-electron chi connectivity index (χ4n) is 2.37. The molecule has 0 amide bonds. The second-order valence-electron chi connectivity index (χ2n) is 5.33. The van der Waals surface area contributed by atoms with Gasteiger partial charge in [-0.1, -0.05) is 31.6 Å². The van der Waals surface area contributed by atoms with Gasteiger partial charge in [0.25, 0.3) is 0 Å². The van der Waals surface area contributed by atoms with Crippen molar-refractivity contribution in [1.29, 1.82) is 0 Å². The molecule has 5 heteroatoms. The third-order valence-corrected chi connectivity index (χ3v) is 3.82. The van der Waals surface area contributed by atoms with E-state index in [-0.39, 0.29) is 0 Å². The van der Waals surface area contributed by atoms with E-state index in [1.54, 1.807) is 0 Å². The maximum absolute atomic E-state index is 10.6. The highest BCUT2D eigenvalue weighted by Crippen LogP contribution is 2.23. The quantitative estimate of drug-likeness (QED) is 0.287. The van der Waals surface area contributed by atoms with Gasteiger partial charge in [0, 0.05) is 29.4 Å². The number of esters is 1. The molecule has 0 aromatic carbocycles. The molecule has 0 aromatic heterocycles. The number of ether oxygens (including phenoxy) is 2. The van der Waals surface area contributed by atoms with Gasteiger partial charge in [0.1, 0.15) is 0 Å². The van der Waals surface area contributed by atoms with Crippen LogP contribution in [0.2, 0.25) is 0 Å². The van der Waals surface area contributed by atoms with Crippen LogP contribution in [0.25, 0.3) is 0 Å². The number of hydrogen-bond donors (Lipinski definition) is 0. The first-order chi connectivity index (χ1) is 11.0. The lowest BCUT2D eigenvalue weighted by Crippen LogP contribution is -1.96. The molecule has 23 heavy (non-hydrogen) atoms. The Bertz CT molecular complexity index is 444. The second-order valence-corrected chi connectivity index (χ2v) is 5.64. The molecule has 2 saturated carbocycles. The molecule has 0 N–H and O–H groups in total. The summed E-state index contributed by atoms with van der Waals surface area (Å²) in [4.78, 5) is 19.9. The van der Waals surface area contributed by atoms with Crippen LogP contribution in [0, 0.1) is 36.0 Å². The molecule has 128 valence electrons. The van der Waals surface area contributed by atoms with Crippen molar-refractivity contribution in [2.24, 2.45) is 11.8 Å². The van der Waals surface area contributed by atoms with E-state index in [0.29, 0.717) is 11.8 Å². The number of carbonyl (C=O) groups excluding carboxylic acids is 2. The summed E-state index contributed by atoms with van der Waals surface area (Å²) in [6.45, 7) is 0. The number of rotatable bonds is 0. The van der Waals surface area contributed by atoms with Crippen LogP contribution in [-0.2, 0) is 14.3 Å². The minimum absolute atomic E-state index is 0.420. The van der Waals surface area contributed by atoms with E-state index >= 15 is 0 Å². The Kier molecular flexibility index (Phi) is 13.0. The van der Waals surface area contributed by atoms with Crippen molar-refractivity contribution in [3.63, 3.8) is 0 Å². The van der Waals surface area contributed by atoms with Crippen LogP contribution in [-0.4, -0.2) is 25.6 Å². The van der Waals surface area contributed by atoms with Crippen molar-refractivity contribution >= 4 is 23.0 Å². The molecule has 0 aromatic rings. The van der Waals surface area contributed by atoms with Gasteiger partial charge in [-0.25, -0.2) is 9.59 Å². The molecule has 2 rings (SSSR count). The molecule has 2 aliphatic carbocycles. The van der Waals surface area contributed by atoms with Crippen LogP contribution in [0.3, 0.4) is 0 Å². The minimum atomic E-state index is -0.773. The average molecular weight is 341 g/mol. The molecular formula is C18H25ClO4. The summed E-state index contributed by atoms with van der Waals surface area (Å²) in [5, 5.41) is 0. The Morgan fingerprint density at radius 2 is 1.39 bits per heavy atom. The van der Waals surface area contributed by atoms with Crippen LogP contribution in [0.1, 0.15) is 51.4 Å². The van der Waals surface area contributed by atoms with Crippen molar-refractivity contribution < 1.29 is 19.1 Å². The monoisotopic (exact) mass is 340 g/mol. The van der Waals surface area contributed by atoms with E-state index < -0.39 is 11.4 Å². The summed E-state index contributed by atoms with van der Waals surface area (Å²) >= 11 is 4.60. The summed E-state index contributed by atoms with van der Waals surface area (Å²) in [5.74, 6) is 8.78. The van der Waals surface area contributed by atoms with E-state index in [9.17, 15) is 9.59 Å². The Morgan fingerprint density at radius 1 is 0.957 bits per heavy atom. The first-order valence-corrected chi connectivity index (χ1v) is 8.20. The molecule has 0 atom stereocenters. The van der Waals surface area contributed by atoms with E-state index in [1.807, 2.05) is 0 Å². The first-order valence-electron chi connectivity index (χ1n) is 7.82. The molecule has 2 fully saturated rings. The lowest BCUT2D eigenvalue weighted by molar-refractivity contribution is -0.133. The lowest BCUT2D eigenvalue weighted by atomic mass is 10.1. The lowest BCUT2D eigenvalue weighted by Gasteiger charge is -1.93. The molecule has 0 unspecified atom stereocenters. The third-order valence-electron chi connectivity index (χ3n) is 3.67. The molecule has 0 aliphatic heterocycles. The maximum Gasteiger partial charge on any atom is 0.403 e. The topological polar surface area (TPSA) is 52.6 Å². The third kappa shape index (κ3) is 12.6. The molecule has 0 saturated heterocycles. The minimum Gasteiger partial charge on any atom is -0.459 e. The SMILES string of the molecule is C#CC1CCCC1.COC(=O)C#CC1CCCC1.COC(=O)Cl. The fourth-order valence-corrected chi connectivity index (χ4v) is 2.37. The molecular weight excluding hydrogens is 316 g/mol. The maximum atomic E-state index is 10.6. The van der Waals surface area contributed by atoms with Crippen molar-refractivity contribution in [1.82, 2.24) is 0 Å². The van der Waals surface area contributed by atoms with Crippen molar-refractivity contribution in [3.8, 4) is 24.2 Å². The van der Waals surface area contributed by atoms with E-state index in [0.717, 1.165) is 12.8 Å². The molecule has 0 bridgehead atoms. The van der Waals surface area contributed by atoms with Gasteiger partial charge in [-0.05, 0) is 25.7 Å². The smallest absolute Gasteiger partial charge is 0.403 e.